The largest absolute Gasteiger partial charge is 0.436 e. The number of aromatic nitrogens is 1. The summed E-state index contributed by atoms with van der Waals surface area (Å²) >= 11 is 0. The number of amides is 1. The van der Waals surface area contributed by atoms with Gasteiger partial charge in [-0.1, -0.05) is 39.0 Å². The Labute approximate surface area is 183 Å². The molecule has 0 saturated carbocycles. The first kappa shape index (κ1) is 20.9. The summed E-state index contributed by atoms with van der Waals surface area (Å²) in [5, 5.41) is 3.04. The molecule has 1 amide bonds. The van der Waals surface area contributed by atoms with E-state index in [1.807, 2.05) is 61.5 Å². The summed E-state index contributed by atoms with van der Waals surface area (Å²) in [5.41, 5.74) is 8.39. The zero-order valence-electron chi connectivity index (χ0n) is 19.0. The molecule has 1 heterocycles. The number of nitrogens with one attached hydrogen (secondary N) is 1. The Morgan fingerprint density at radius 1 is 0.871 bits per heavy atom. The Morgan fingerprint density at radius 3 is 2.23 bits per heavy atom. The lowest BCUT2D eigenvalue weighted by Gasteiger charge is -2.19. The zero-order chi connectivity index (χ0) is 22.3. The van der Waals surface area contributed by atoms with Crippen molar-refractivity contribution in [2.45, 2.75) is 47.0 Å². The minimum absolute atomic E-state index is 0.0522. The Balaban J connectivity index is 1.61. The number of aryl methyl sites for hydroxylation is 3. The minimum Gasteiger partial charge on any atom is -0.436 e. The fourth-order valence-electron chi connectivity index (χ4n) is 3.51. The molecular weight excluding hydrogens is 384 g/mol. The molecule has 3 aromatic carbocycles. The van der Waals surface area contributed by atoms with Crippen molar-refractivity contribution >= 4 is 22.7 Å². The third-order valence-corrected chi connectivity index (χ3v) is 5.75. The lowest BCUT2D eigenvalue weighted by molar-refractivity contribution is 0.102. The highest BCUT2D eigenvalue weighted by molar-refractivity contribution is 6.05. The second-order valence-electron chi connectivity index (χ2n) is 9.23. The second kappa shape index (κ2) is 7.69. The Hall–Kier alpha value is -3.40. The van der Waals surface area contributed by atoms with Gasteiger partial charge in [-0.3, -0.25) is 4.79 Å². The standard InChI is InChI=1S/C27H28N2O2/c1-16-7-8-20(26-29-23-13-17(2)18(3)14-24(23)31-26)15-22(16)28-25(30)19-9-11-21(12-10-19)27(4,5)6/h7-15H,1-6H3,(H,28,30). The van der Waals surface area contributed by atoms with Crippen molar-refractivity contribution in [3.8, 4) is 11.5 Å². The highest BCUT2D eigenvalue weighted by Crippen LogP contribution is 2.29. The summed E-state index contributed by atoms with van der Waals surface area (Å²) in [7, 11) is 0. The lowest BCUT2D eigenvalue weighted by atomic mass is 9.86. The van der Waals surface area contributed by atoms with Crippen LogP contribution in [-0.2, 0) is 5.41 Å². The third kappa shape index (κ3) is 4.24. The predicted molar refractivity (Wildman–Crippen MR) is 127 cm³/mol. The maximum Gasteiger partial charge on any atom is 0.255 e. The van der Waals surface area contributed by atoms with E-state index in [1.165, 1.54) is 16.7 Å². The zero-order valence-corrected chi connectivity index (χ0v) is 19.0. The number of nitrogens with zero attached hydrogens (tertiary/aromatic N) is 1. The molecule has 0 bridgehead atoms. The highest BCUT2D eigenvalue weighted by Gasteiger charge is 2.16. The van der Waals surface area contributed by atoms with Crippen LogP contribution in [0.4, 0.5) is 5.69 Å². The monoisotopic (exact) mass is 412 g/mol. The molecule has 4 aromatic rings. The van der Waals surface area contributed by atoms with Gasteiger partial charge >= 0.3 is 0 Å². The van der Waals surface area contributed by atoms with E-state index in [4.69, 9.17) is 4.42 Å². The minimum atomic E-state index is -0.135. The SMILES string of the molecule is Cc1cc2nc(-c3ccc(C)c(NC(=O)c4ccc(C(C)(C)C)cc4)c3)oc2cc1C. The molecule has 4 heteroatoms. The number of carbonyl (C=O) groups excluding carboxylic acids is 1. The maximum atomic E-state index is 12.8. The van der Waals surface area contributed by atoms with E-state index in [-0.39, 0.29) is 11.3 Å². The van der Waals surface area contributed by atoms with Crippen LogP contribution in [0.15, 0.2) is 59.0 Å². The predicted octanol–water partition coefficient (Wildman–Crippen LogP) is 6.97. The van der Waals surface area contributed by atoms with Crippen molar-refractivity contribution in [3.63, 3.8) is 0 Å². The van der Waals surface area contributed by atoms with Crippen molar-refractivity contribution in [1.82, 2.24) is 4.98 Å². The van der Waals surface area contributed by atoms with E-state index in [2.05, 4.69) is 44.9 Å². The number of carbonyl (C=O) groups is 1. The molecule has 0 atom stereocenters. The molecule has 0 unspecified atom stereocenters. The number of hydrogen-bond donors (Lipinski definition) is 1. The van der Waals surface area contributed by atoms with Crippen LogP contribution in [-0.4, -0.2) is 10.9 Å². The van der Waals surface area contributed by atoms with Crippen LogP contribution in [0.25, 0.3) is 22.6 Å². The summed E-state index contributed by atoms with van der Waals surface area (Å²) in [5.74, 6) is 0.412. The van der Waals surface area contributed by atoms with Crippen molar-refractivity contribution < 1.29 is 9.21 Å². The average Bonchev–Trinajstić information content (AvgIpc) is 3.12. The highest BCUT2D eigenvalue weighted by atomic mass is 16.3. The van der Waals surface area contributed by atoms with Crippen LogP contribution < -0.4 is 5.32 Å². The number of rotatable bonds is 3. The molecule has 1 N–H and O–H groups in total. The number of oxazole rings is 1. The van der Waals surface area contributed by atoms with Gasteiger partial charge in [0.1, 0.15) is 5.52 Å². The molecule has 0 aliphatic carbocycles. The van der Waals surface area contributed by atoms with Crippen LogP contribution in [0.1, 0.15) is 53.4 Å². The van der Waals surface area contributed by atoms with E-state index in [1.54, 1.807) is 0 Å². The van der Waals surface area contributed by atoms with E-state index >= 15 is 0 Å². The first-order valence-corrected chi connectivity index (χ1v) is 10.5. The molecular formula is C27H28N2O2. The molecule has 158 valence electrons. The summed E-state index contributed by atoms with van der Waals surface area (Å²) in [6.45, 7) is 12.6. The van der Waals surface area contributed by atoms with Gasteiger partial charge in [-0.05, 0) is 84.8 Å². The van der Waals surface area contributed by atoms with Crippen LogP contribution >= 0.6 is 0 Å². The number of anilines is 1. The normalized spacial score (nSPS) is 11.7. The van der Waals surface area contributed by atoms with Crippen LogP contribution in [0.3, 0.4) is 0 Å². The van der Waals surface area contributed by atoms with Crippen molar-refractivity contribution in [2.24, 2.45) is 0 Å². The van der Waals surface area contributed by atoms with Crippen LogP contribution in [0, 0.1) is 20.8 Å². The molecule has 0 aliphatic rings. The van der Waals surface area contributed by atoms with Gasteiger partial charge in [0, 0.05) is 16.8 Å². The molecule has 31 heavy (non-hydrogen) atoms. The maximum absolute atomic E-state index is 12.8. The van der Waals surface area contributed by atoms with Gasteiger partial charge in [-0.15, -0.1) is 0 Å². The third-order valence-electron chi connectivity index (χ3n) is 5.75. The summed E-state index contributed by atoms with van der Waals surface area (Å²) < 4.78 is 6.00. The molecule has 4 rings (SSSR count). The van der Waals surface area contributed by atoms with Gasteiger partial charge < -0.3 is 9.73 Å². The Kier molecular flexibility index (Phi) is 5.18. The first-order valence-electron chi connectivity index (χ1n) is 10.5. The van der Waals surface area contributed by atoms with E-state index in [0.717, 1.165) is 27.9 Å². The first-order chi connectivity index (χ1) is 14.6. The topological polar surface area (TPSA) is 55.1 Å². The Bertz CT molecular complexity index is 1240. The van der Waals surface area contributed by atoms with Crippen molar-refractivity contribution in [3.05, 3.63) is 82.4 Å². The van der Waals surface area contributed by atoms with E-state index in [9.17, 15) is 4.79 Å². The molecule has 1 aromatic heterocycles. The van der Waals surface area contributed by atoms with Gasteiger partial charge in [0.25, 0.3) is 5.91 Å². The summed E-state index contributed by atoms with van der Waals surface area (Å²) in [6, 6.07) is 17.7. The smallest absolute Gasteiger partial charge is 0.255 e. The van der Waals surface area contributed by atoms with Crippen molar-refractivity contribution in [2.75, 3.05) is 5.32 Å². The molecule has 0 aliphatic heterocycles. The van der Waals surface area contributed by atoms with Gasteiger partial charge in [0.05, 0.1) is 0 Å². The van der Waals surface area contributed by atoms with Gasteiger partial charge in [0.2, 0.25) is 5.89 Å². The molecule has 4 nitrogen and oxygen atoms in total. The van der Waals surface area contributed by atoms with Crippen molar-refractivity contribution in [1.29, 1.82) is 0 Å². The quantitative estimate of drug-likeness (QED) is 0.395. The molecule has 0 saturated heterocycles. The summed E-state index contributed by atoms with van der Waals surface area (Å²) in [6.07, 6.45) is 0. The molecule has 0 spiro atoms. The molecule has 0 radical (unpaired) electrons. The number of benzene rings is 3. The van der Waals surface area contributed by atoms with Gasteiger partial charge in [0.15, 0.2) is 5.58 Å². The number of fused-ring (bicyclic) bond motifs is 1. The number of hydrogen-bond acceptors (Lipinski definition) is 3. The second-order valence-corrected chi connectivity index (χ2v) is 9.23. The fraction of sp³-hybridized carbons (Fsp3) is 0.259. The fourth-order valence-corrected chi connectivity index (χ4v) is 3.51. The molecule has 0 fully saturated rings. The van der Waals surface area contributed by atoms with Crippen LogP contribution in [0.5, 0.6) is 0 Å². The van der Waals surface area contributed by atoms with Gasteiger partial charge in [-0.25, -0.2) is 4.98 Å². The summed E-state index contributed by atoms with van der Waals surface area (Å²) in [4.78, 5) is 17.5. The van der Waals surface area contributed by atoms with Gasteiger partial charge in [-0.2, -0.15) is 0 Å². The average molecular weight is 413 g/mol. The van der Waals surface area contributed by atoms with E-state index < -0.39 is 0 Å². The van der Waals surface area contributed by atoms with E-state index in [0.29, 0.717) is 11.5 Å². The Morgan fingerprint density at radius 2 is 1.55 bits per heavy atom. The lowest BCUT2D eigenvalue weighted by Crippen LogP contribution is -2.15. The van der Waals surface area contributed by atoms with Crippen LogP contribution in [0.2, 0.25) is 0 Å².